The molecule has 0 radical (unpaired) electrons. The summed E-state index contributed by atoms with van der Waals surface area (Å²) >= 11 is 0. The molecule has 3 aliphatic heterocycles. The van der Waals surface area contributed by atoms with E-state index in [0.29, 0.717) is 11.6 Å². The first-order chi connectivity index (χ1) is 8.20. The normalized spacial score (nSPS) is 44.8. The van der Waals surface area contributed by atoms with Crippen molar-refractivity contribution in [3.63, 3.8) is 0 Å². The average molecular weight is 238 g/mol. The van der Waals surface area contributed by atoms with Crippen molar-refractivity contribution in [3.8, 4) is 0 Å². The van der Waals surface area contributed by atoms with E-state index in [-0.39, 0.29) is 0 Å². The Labute approximate surface area is 105 Å². The number of piperidine rings is 1. The van der Waals surface area contributed by atoms with Crippen LogP contribution < -0.4 is 0 Å². The van der Waals surface area contributed by atoms with E-state index < -0.39 is 0 Å². The van der Waals surface area contributed by atoms with Crippen molar-refractivity contribution < 1.29 is 4.74 Å². The van der Waals surface area contributed by atoms with Gasteiger partial charge < -0.3 is 4.74 Å². The number of hydrogen-bond donors (Lipinski definition) is 0. The largest absolute Gasteiger partial charge is 0.377 e. The summed E-state index contributed by atoms with van der Waals surface area (Å²) in [7, 11) is 0. The molecule has 0 aromatic carbocycles. The number of nitrogens with zero attached hydrogens (tertiary/aromatic N) is 2. The molecule has 0 aromatic heterocycles. The zero-order valence-electron chi connectivity index (χ0n) is 11.3. The molecule has 17 heavy (non-hydrogen) atoms. The molecule has 0 aliphatic carbocycles. The molecule has 3 fully saturated rings. The third-order valence-electron chi connectivity index (χ3n) is 5.41. The van der Waals surface area contributed by atoms with Crippen LogP contribution in [0.5, 0.6) is 0 Å². The quantitative estimate of drug-likeness (QED) is 0.692. The molecule has 0 saturated carbocycles. The first-order valence-corrected chi connectivity index (χ1v) is 7.31. The first-order valence-electron chi connectivity index (χ1n) is 7.31. The maximum Gasteiger partial charge on any atom is 0.0728 e. The van der Waals surface area contributed by atoms with Gasteiger partial charge in [0.25, 0.3) is 0 Å². The summed E-state index contributed by atoms with van der Waals surface area (Å²) in [6.07, 6.45) is 5.85. The molecule has 0 spiro atoms. The molecular weight excluding hydrogens is 212 g/mol. The molecule has 3 atom stereocenters. The highest BCUT2D eigenvalue weighted by Gasteiger charge is 2.44. The number of hydrogen-bond acceptors (Lipinski definition) is 3. The molecule has 0 amide bonds. The van der Waals surface area contributed by atoms with Gasteiger partial charge in [-0.2, -0.15) is 0 Å². The number of ether oxygens (including phenoxy) is 1. The van der Waals surface area contributed by atoms with Gasteiger partial charge in [0.05, 0.1) is 6.10 Å². The highest BCUT2D eigenvalue weighted by atomic mass is 16.5. The van der Waals surface area contributed by atoms with Gasteiger partial charge in [0.2, 0.25) is 0 Å². The summed E-state index contributed by atoms with van der Waals surface area (Å²) in [5, 5.41) is 0. The third kappa shape index (κ3) is 2.02. The van der Waals surface area contributed by atoms with Crippen molar-refractivity contribution >= 4 is 0 Å². The Kier molecular flexibility index (Phi) is 3.18. The van der Waals surface area contributed by atoms with Crippen LogP contribution in [-0.4, -0.2) is 60.3 Å². The van der Waals surface area contributed by atoms with Crippen LogP contribution in [0.4, 0.5) is 0 Å². The van der Waals surface area contributed by atoms with Gasteiger partial charge in [0.15, 0.2) is 0 Å². The van der Waals surface area contributed by atoms with Gasteiger partial charge in [-0.1, -0.05) is 6.42 Å². The number of piperazine rings is 1. The molecule has 3 saturated heterocycles. The highest BCUT2D eigenvalue weighted by Crippen LogP contribution is 2.34. The Balaban J connectivity index is 1.69. The molecule has 3 heterocycles. The lowest BCUT2D eigenvalue weighted by Crippen LogP contribution is -2.62. The molecule has 0 bridgehead atoms. The fourth-order valence-corrected chi connectivity index (χ4v) is 3.86. The lowest BCUT2D eigenvalue weighted by Gasteiger charge is -2.50. The topological polar surface area (TPSA) is 15.7 Å². The molecule has 3 rings (SSSR count). The molecule has 0 N–H and O–H groups in total. The smallest absolute Gasteiger partial charge is 0.0728 e. The Morgan fingerprint density at radius 2 is 2.06 bits per heavy atom. The predicted octanol–water partition coefficient (Wildman–Crippen LogP) is 1.72. The lowest BCUT2D eigenvalue weighted by atomic mass is 9.89. The Hall–Kier alpha value is -0.120. The first kappa shape index (κ1) is 11.9. The fourth-order valence-electron chi connectivity index (χ4n) is 3.86. The van der Waals surface area contributed by atoms with Crippen LogP contribution in [0, 0.1) is 0 Å². The second-order valence-electron chi connectivity index (χ2n) is 6.25. The van der Waals surface area contributed by atoms with Crippen molar-refractivity contribution in [1.29, 1.82) is 0 Å². The van der Waals surface area contributed by atoms with Gasteiger partial charge in [-0.05, 0) is 39.7 Å². The molecule has 3 aliphatic rings. The summed E-state index contributed by atoms with van der Waals surface area (Å²) in [5.74, 6) is 0. The van der Waals surface area contributed by atoms with Gasteiger partial charge in [-0.15, -0.1) is 0 Å². The van der Waals surface area contributed by atoms with E-state index in [2.05, 4.69) is 23.6 Å². The van der Waals surface area contributed by atoms with Crippen LogP contribution in [0.25, 0.3) is 0 Å². The number of rotatable bonds is 1. The van der Waals surface area contributed by atoms with Crippen LogP contribution in [0.1, 0.15) is 39.5 Å². The summed E-state index contributed by atoms with van der Waals surface area (Å²) in [6.45, 7) is 10.7. The predicted molar refractivity (Wildman–Crippen MR) is 69.2 cm³/mol. The molecule has 3 nitrogen and oxygen atoms in total. The van der Waals surface area contributed by atoms with Crippen molar-refractivity contribution in [3.05, 3.63) is 0 Å². The van der Waals surface area contributed by atoms with E-state index in [1.54, 1.807) is 0 Å². The Morgan fingerprint density at radius 3 is 2.82 bits per heavy atom. The standard InChI is InChI=1S/C14H26N2O/c1-12-14(2,6-10-17-12)16-9-8-15-7-4-3-5-13(15)11-16/h12-13H,3-11H2,1-2H3. The fraction of sp³-hybridized carbons (Fsp3) is 1.00. The van der Waals surface area contributed by atoms with E-state index >= 15 is 0 Å². The zero-order chi connectivity index (χ0) is 11.9. The average Bonchev–Trinajstić information content (AvgIpc) is 2.70. The molecule has 3 heteroatoms. The van der Waals surface area contributed by atoms with E-state index in [1.807, 2.05) is 0 Å². The maximum atomic E-state index is 5.80. The number of fused-ring (bicyclic) bond motifs is 1. The molecule has 0 aromatic rings. The Bertz CT molecular complexity index is 283. The van der Waals surface area contributed by atoms with Crippen LogP contribution in [0.3, 0.4) is 0 Å². The van der Waals surface area contributed by atoms with Crippen molar-refractivity contribution in [2.24, 2.45) is 0 Å². The van der Waals surface area contributed by atoms with Crippen LogP contribution in [0.15, 0.2) is 0 Å². The van der Waals surface area contributed by atoms with Crippen molar-refractivity contribution in [2.45, 2.75) is 57.2 Å². The minimum Gasteiger partial charge on any atom is -0.377 e. The zero-order valence-corrected chi connectivity index (χ0v) is 11.3. The van der Waals surface area contributed by atoms with Gasteiger partial charge in [0.1, 0.15) is 0 Å². The monoisotopic (exact) mass is 238 g/mol. The summed E-state index contributed by atoms with van der Waals surface area (Å²) in [4.78, 5) is 5.43. The van der Waals surface area contributed by atoms with Gasteiger partial charge in [-0.3, -0.25) is 9.80 Å². The van der Waals surface area contributed by atoms with Gasteiger partial charge >= 0.3 is 0 Å². The molecular formula is C14H26N2O. The summed E-state index contributed by atoms with van der Waals surface area (Å²) < 4.78 is 5.80. The lowest BCUT2D eigenvalue weighted by molar-refractivity contribution is -0.0356. The maximum absolute atomic E-state index is 5.80. The van der Waals surface area contributed by atoms with E-state index in [9.17, 15) is 0 Å². The van der Waals surface area contributed by atoms with Gasteiger partial charge in [-0.25, -0.2) is 0 Å². The van der Waals surface area contributed by atoms with E-state index in [0.717, 1.165) is 12.6 Å². The van der Waals surface area contributed by atoms with Crippen molar-refractivity contribution in [2.75, 3.05) is 32.8 Å². The third-order valence-corrected chi connectivity index (χ3v) is 5.41. The summed E-state index contributed by atoms with van der Waals surface area (Å²) in [6, 6.07) is 0.821. The van der Waals surface area contributed by atoms with Crippen LogP contribution in [-0.2, 0) is 4.74 Å². The molecule has 3 unspecified atom stereocenters. The van der Waals surface area contributed by atoms with Crippen molar-refractivity contribution in [1.82, 2.24) is 9.80 Å². The minimum absolute atomic E-state index is 0.295. The highest BCUT2D eigenvalue weighted by molar-refractivity contribution is 4.99. The second-order valence-corrected chi connectivity index (χ2v) is 6.25. The minimum atomic E-state index is 0.295. The van der Waals surface area contributed by atoms with Crippen LogP contribution >= 0.6 is 0 Å². The summed E-state index contributed by atoms with van der Waals surface area (Å²) in [5.41, 5.74) is 0.295. The van der Waals surface area contributed by atoms with Crippen LogP contribution in [0.2, 0.25) is 0 Å². The van der Waals surface area contributed by atoms with E-state index in [1.165, 1.54) is 51.9 Å². The van der Waals surface area contributed by atoms with E-state index in [4.69, 9.17) is 4.74 Å². The SMILES string of the molecule is CC1OCCC1(C)N1CCN2CCCCC2C1. The Morgan fingerprint density at radius 1 is 1.18 bits per heavy atom. The second kappa shape index (κ2) is 4.52. The van der Waals surface area contributed by atoms with Gasteiger partial charge in [0, 0.05) is 37.8 Å². The molecule has 98 valence electrons.